The van der Waals surface area contributed by atoms with Crippen LogP contribution < -0.4 is 0 Å². The van der Waals surface area contributed by atoms with E-state index in [2.05, 4.69) is 16.9 Å². The third-order valence-corrected chi connectivity index (χ3v) is 3.57. The molecule has 0 bridgehead atoms. The first-order chi connectivity index (χ1) is 8.60. The van der Waals surface area contributed by atoms with Crippen molar-refractivity contribution in [3.8, 4) is 0 Å². The van der Waals surface area contributed by atoms with E-state index < -0.39 is 6.10 Å². The smallest absolute Gasteiger partial charge is 0.0964 e. The molecule has 0 saturated carbocycles. The zero-order chi connectivity index (χ0) is 13.1. The van der Waals surface area contributed by atoms with Crippen molar-refractivity contribution in [2.24, 2.45) is 7.05 Å². The molecule has 0 aromatic carbocycles. The summed E-state index contributed by atoms with van der Waals surface area (Å²) in [6.45, 7) is 7.60. The molecule has 2 atom stereocenters. The quantitative estimate of drug-likeness (QED) is 0.841. The highest BCUT2D eigenvalue weighted by atomic mass is 16.5. The maximum Gasteiger partial charge on any atom is 0.0964 e. The van der Waals surface area contributed by atoms with Gasteiger partial charge in [-0.3, -0.25) is 9.58 Å². The van der Waals surface area contributed by atoms with Crippen LogP contribution in [0.2, 0.25) is 0 Å². The predicted molar refractivity (Wildman–Crippen MR) is 69.5 cm³/mol. The first-order valence-corrected chi connectivity index (χ1v) is 6.61. The van der Waals surface area contributed by atoms with Crippen molar-refractivity contribution in [1.82, 2.24) is 14.7 Å². The van der Waals surface area contributed by atoms with E-state index in [0.717, 1.165) is 31.0 Å². The Morgan fingerprint density at radius 1 is 1.61 bits per heavy atom. The Morgan fingerprint density at radius 3 is 3.00 bits per heavy atom. The number of likely N-dealkylation sites (N-methyl/N-ethyl adjacent to an activating group) is 1. The number of aliphatic hydroxyl groups is 1. The number of nitrogens with zero attached hydrogens (tertiary/aromatic N) is 3. The SMILES string of the molecule is CCN1CCOC(C(O)Cc2cc(C)nn2C)C1. The van der Waals surface area contributed by atoms with Gasteiger partial charge in [-0.2, -0.15) is 5.10 Å². The highest BCUT2D eigenvalue weighted by molar-refractivity contribution is 5.10. The standard InChI is InChI=1S/C13H23N3O2/c1-4-16-5-6-18-13(9-16)12(17)8-11-7-10(2)14-15(11)3/h7,12-13,17H,4-6,8-9H2,1-3H3. The lowest BCUT2D eigenvalue weighted by Gasteiger charge is -2.34. The van der Waals surface area contributed by atoms with E-state index in [1.165, 1.54) is 0 Å². The molecule has 1 aromatic rings. The molecular formula is C13H23N3O2. The Kier molecular flexibility index (Phi) is 4.37. The molecule has 2 rings (SSSR count). The molecule has 2 heterocycles. The minimum absolute atomic E-state index is 0.0890. The van der Waals surface area contributed by atoms with E-state index in [4.69, 9.17) is 4.74 Å². The van der Waals surface area contributed by atoms with E-state index in [-0.39, 0.29) is 6.10 Å². The van der Waals surface area contributed by atoms with Gasteiger partial charge in [-0.25, -0.2) is 0 Å². The third kappa shape index (κ3) is 3.10. The van der Waals surface area contributed by atoms with Gasteiger partial charge in [-0.1, -0.05) is 6.92 Å². The molecule has 1 aromatic heterocycles. The number of hydrogen-bond donors (Lipinski definition) is 1. The van der Waals surface area contributed by atoms with Gasteiger partial charge in [0.15, 0.2) is 0 Å². The summed E-state index contributed by atoms with van der Waals surface area (Å²) in [4.78, 5) is 2.31. The molecule has 1 aliphatic rings. The second-order valence-electron chi connectivity index (χ2n) is 4.97. The van der Waals surface area contributed by atoms with Crippen LogP contribution in [0.5, 0.6) is 0 Å². The molecule has 18 heavy (non-hydrogen) atoms. The van der Waals surface area contributed by atoms with Gasteiger partial charge in [0.25, 0.3) is 0 Å². The zero-order valence-electron chi connectivity index (χ0n) is 11.5. The Hall–Kier alpha value is -0.910. The van der Waals surface area contributed by atoms with Gasteiger partial charge in [-0.05, 0) is 19.5 Å². The van der Waals surface area contributed by atoms with Crippen molar-refractivity contribution in [2.45, 2.75) is 32.5 Å². The highest BCUT2D eigenvalue weighted by Gasteiger charge is 2.26. The first-order valence-electron chi connectivity index (χ1n) is 6.61. The van der Waals surface area contributed by atoms with Crippen LogP contribution in [0.4, 0.5) is 0 Å². The number of hydrogen-bond acceptors (Lipinski definition) is 4. The number of morpholine rings is 1. The molecule has 5 heteroatoms. The van der Waals surface area contributed by atoms with Crippen molar-refractivity contribution < 1.29 is 9.84 Å². The van der Waals surface area contributed by atoms with Gasteiger partial charge in [0.05, 0.1) is 24.5 Å². The van der Waals surface area contributed by atoms with Gasteiger partial charge in [-0.15, -0.1) is 0 Å². The Balaban J connectivity index is 1.95. The van der Waals surface area contributed by atoms with Crippen LogP contribution in [0, 0.1) is 6.92 Å². The van der Waals surface area contributed by atoms with E-state index in [1.807, 2.05) is 24.7 Å². The lowest BCUT2D eigenvalue weighted by Crippen LogP contribution is -2.48. The first kappa shape index (κ1) is 13.5. The molecule has 0 amide bonds. The topological polar surface area (TPSA) is 50.5 Å². The minimum Gasteiger partial charge on any atom is -0.390 e. The number of ether oxygens (including phenoxy) is 1. The molecule has 0 spiro atoms. The molecule has 2 unspecified atom stereocenters. The molecule has 0 aliphatic carbocycles. The maximum absolute atomic E-state index is 10.3. The molecule has 1 saturated heterocycles. The van der Waals surface area contributed by atoms with E-state index >= 15 is 0 Å². The second-order valence-corrected chi connectivity index (χ2v) is 4.97. The van der Waals surface area contributed by atoms with Crippen LogP contribution in [0.15, 0.2) is 6.07 Å². The molecule has 102 valence electrons. The molecule has 1 fully saturated rings. The van der Waals surface area contributed by atoms with Gasteiger partial charge in [0.2, 0.25) is 0 Å². The van der Waals surface area contributed by atoms with Crippen molar-refractivity contribution in [3.05, 3.63) is 17.5 Å². The highest BCUT2D eigenvalue weighted by Crippen LogP contribution is 2.13. The fourth-order valence-corrected chi connectivity index (χ4v) is 2.45. The zero-order valence-corrected chi connectivity index (χ0v) is 11.5. The van der Waals surface area contributed by atoms with E-state index in [1.54, 1.807) is 0 Å². The third-order valence-electron chi connectivity index (χ3n) is 3.57. The largest absolute Gasteiger partial charge is 0.390 e. The fourth-order valence-electron chi connectivity index (χ4n) is 2.45. The van der Waals surface area contributed by atoms with Gasteiger partial charge >= 0.3 is 0 Å². The summed E-state index contributed by atoms with van der Waals surface area (Å²) in [5.41, 5.74) is 2.04. The number of rotatable bonds is 4. The lowest BCUT2D eigenvalue weighted by molar-refractivity contribution is -0.0871. The summed E-state index contributed by atoms with van der Waals surface area (Å²) >= 11 is 0. The molecule has 0 radical (unpaired) electrons. The average molecular weight is 253 g/mol. The Morgan fingerprint density at radius 2 is 2.39 bits per heavy atom. The van der Waals surface area contributed by atoms with Gasteiger partial charge in [0, 0.05) is 32.3 Å². The summed E-state index contributed by atoms with van der Waals surface area (Å²) in [7, 11) is 1.91. The number of aliphatic hydroxyl groups excluding tert-OH is 1. The average Bonchev–Trinajstić information content (AvgIpc) is 2.68. The van der Waals surface area contributed by atoms with Crippen LogP contribution in [-0.2, 0) is 18.2 Å². The summed E-state index contributed by atoms with van der Waals surface area (Å²) in [6, 6.07) is 2.02. The number of aryl methyl sites for hydroxylation is 2. The van der Waals surface area contributed by atoms with E-state index in [9.17, 15) is 5.11 Å². The molecule has 5 nitrogen and oxygen atoms in total. The van der Waals surface area contributed by atoms with Crippen molar-refractivity contribution in [2.75, 3.05) is 26.2 Å². The summed E-state index contributed by atoms with van der Waals surface area (Å²) in [5, 5.41) is 14.6. The van der Waals surface area contributed by atoms with Crippen LogP contribution >= 0.6 is 0 Å². The van der Waals surface area contributed by atoms with Crippen molar-refractivity contribution >= 4 is 0 Å². The number of aromatic nitrogens is 2. The monoisotopic (exact) mass is 253 g/mol. The minimum atomic E-state index is -0.464. The van der Waals surface area contributed by atoms with Crippen LogP contribution in [0.25, 0.3) is 0 Å². The van der Waals surface area contributed by atoms with E-state index in [0.29, 0.717) is 13.0 Å². The summed E-state index contributed by atoms with van der Waals surface area (Å²) < 4.78 is 7.50. The predicted octanol–water partition coefficient (Wildman–Crippen LogP) is 0.353. The normalized spacial score (nSPS) is 23.2. The van der Waals surface area contributed by atoms with Gasteiger partial charge < -0.3 is 9.84 Å². The maximum atomic E-state index is 10.3. The Labute approximate surface area is 108 Å². The summed E-state index contributed by atoms with van der Waals surface area (Å²) in [6.07, 6.45) is 0.0441. The lowest BCUT2D eigenvalue weighted by atomic mass is 10.1. The summed E-state index contributed by atoms with van der Waals surface area (Å²) in [5.74, 6) is 0. The van der Waals surface area contributed by atoms with Crippen LogP contribution in [-0.4, -0.2) is 58.2 Å². The Bertz CT molecular complexity index is 392. The van der Waals surface area contributed by atoms with Crippen molar-refractivity contribution in [3.63, 3.8) is 0 Å². The van der Waals surface area contributed by atoms with Crippen molar-refractivity contribution in [1.29, 1.82) is 0 Å². The molecule has 1 N–H and O–H groups in total. The molecular weight excluding hydrogens is 230 g/mol. The fraction of sp³-hybridized carbons (Fsp3) is 0.769. The van der Waals surface area contributed by atoms with Crippen LogP contribution in [0.3, 0.4) is 0 Å². The molecule has 1 aliphatic heterocycles. The van der Waals surface area contributed by atoms with Crippen LogP contribution in [0.1, 0.15) is 18.3 Å². The van der Waals surface area contributed by atoms with Gasteiger partial charge in [0.1, 0.15) is 0 Å². The second kappa shape index (κ2) is 5.82.